The number of carbonyl (C=O) groups is 1. The number of rotatable bonds is 6. The Morgan fingerprint density at radius 1 is 1.18 bits per heavy atom. The van der Waals surface area contributed by atoms with E-state index in [1.54, 1.807) is 11.0 Å². The molecule has 0 bridgehead atoms. The molecular weight excluding hydrogens is 358 g/mol. The third-order valence-electron chi connectivity index (χ3n) is 4.66. The monoisotopic (exact) mass is 379 g/mol. The van der Waals surface area contributed by atoms with Gasteiger partial charge in [-0.15, -0.1) is 0 Å². The summed E-state index contributed by atoms with van der Waals surface area (Å²) in [7, 11) is 0. The molecule has 9 heteroatoms. The number of anilines is 1. The van der Waals surface area contributed by atoms with Gasteiger partial charge >= 0.3 is 0 Å². The highest BCUT2D eigenvalue weighted by Crippen LogP contribution is 2.22. The molecule has 1 aliphatic heterocycles. The molecule has 0 radical (unpaired) electrons. The van der Waals surface area contributed by atoms with Crippen LogP contribution in [0.5, 0.6) is 0 Å². The van der Waals surface area contributed by atoms with Gasteiger partial charge in [-0.25, -0.2) is 25.1 Å². The van der Waals surface area contributed by atoms with Crippen molar-refractivity contribution in [2.45, 2.75) is 19.4 Å². The summed E-state index contributed by atoms with van der Waals surface area (Å²) in [5.41, 5.74) is 3.59. The van der Waals surface area contributed by atoms with E-state index in [4.69, 9.17) is 4.84 Å². The van der Waals surface area contributed by atoms with Crippen molar-refractivity contribution in [1.82, 2.24) is 30.2 Å². The van der Waals surface area contributed by atoms with E-state index in [2.05, 4.69) is 30.4 Å². The van der Waals surface area contributed by atoms with E-state index in [1.165, 1.54) is 12.7 Å². The third kappa shape index (κ3) is 4.32. The minimum Gasteiger partial charge on any atom is -0.356 e. The van der Waals surface area contributed by atoms with Crippen LogP contribution >= 0.6 is 0 Å². The molecule has 1 atom stereocenters. The zero-order valence-electron chi connectivity index (χ0n) is 15.3. The molecule has 144 valence electrons. The molecule has 1 aliphatic rings. The second kappa shape index (κ2) is 8.57. The SMILES string of the molecule is O=C(NOCc1ccccc1)C1CCCN(c2cc(-n3cncn3)ncn2)C1. The van der Waals surface area contributed by atoms with Crippen molar-refractivity contribution in [3.05, 3.63) is 60.9 Å². The number of amides is 1. The number of piperidine rings is 1. The summed E-state index contributed by atoms with van der Waals surface area (Å²) in [6, 6.07) is 11.6. The summed E-state index contributed by atoms with van der Waals surface area (Å²) >= 11 is 0. The lowest BCUT2D eigenvalue weighted by atomic mass is 9.97. The second-order valence-corrected chi connectivity index (χ2v) is 6.60. The molecule has 3 aromatic rings. The lowest BCUT2D eigenvalue weighted by molar-refractivity contribution is -0.139. The van der Waals surface area contributed by atoms with E-state index in [0.717, 1.165) is 30.8 Å². The molecule has 0 spiro atoms. The molecule has 2 aromatic heterocycles. The van der Waals surface area contributed by atoms with E-state index in [1.807, 2.05) is 36.4 Å². The molecule has 4 rings (SSSR count). The third-order valence-corrected chi connectivity index (χ3v) is 4.66. The number of nitrogens with one attached hydrogen (secondary N) is 1. The molecule has 1 N–H and O–H groups in total. The fourth-order valence-electron chi connectivity index (χ4n) is 3.21. The van der Waals surface area contributed by atoms with Crippen molar-refractivity contribution in [2.24, 2.45) is 5.92 Å². The van der Waals surface area contributed by atoms with Crippen LogP contribution in [0, 0.1) is 5.92 Å². The number of aromatic nitrogens is 5. The summed E-state index contributed by atoms with van der Waals surface area (Å²) < 4.78 is 1.58. The summed E-state index contributed by atoms with van der Waals surface area (Å²) in [6.07, 6.45) is 6.26. The normalized spacial score (nSPS) is 16.7. The summed E-state index contributed by atoms with van der Waals surface area (Å²) in [5.74, 6) is 1.14. The quantitative estimate of drug-likeness (QED) is 0.649. The zero-order chi connectivity index (χ0) is 19.2. The predicted octanol–water partition coefficient (Wildman–Crippen LogP) is 1.52. The Balaban J connectivity index is 1.35. The number of nitrogens with zero attached hydrogens (tertiary/aromatic N) is 6. The smallest absolute Gasteiger partial charge is 0.248 e. The van der Waals surface area contributed by atoms with Gasteiger partial charge in [0.05, 0.1) is 12.5 Å². The fraction of sp³-hybridized carbons (Fsp3) is 0.316. The molecule has 1 fully saturated rings. The Labute approximate surface area is 162 Å². The van der Waals surface area contributed by atoms with Gasteiger partial charge < -0.3 is 4.90 Å². The van der Waals surface area contributed by atoms with Crippen LogP contribution in [0.15, 0.2) is 55.4 Å². The largest absolute Gasteiger partial charge is 0.356 e. The molecule has 9 nitrogen and oxygen atoms in total. The Morgan fingerprint density at radius 3 is 2.86 bits per heavy atom. The highest BCUT2D eigenvalue weighted by atomic mass is 16.6. The molecule has 0 aliphatic carbocycles. The van der Waals surface area contributed by atoms with Gasteiger partial charge in [0.25, 0.3) is 0 Å². The molecule has 28 heavy (non-hydrogen) atoms. The van der Waals surface area contributed by atoms with Crippen LogP contribution in [0.3, 0.4) is 0 Å². The molecular formula is C19H21N7O2. The fourth-order valence-corrected chi connectivity index (χ4v) is 3.21. The van der Waals surface area contributed by atoms with E-state index in [-0.39, 0.29) is 11.8 Å². The summed E-state index contributed by atoms with van der Waals surface area (Å²) in [4.78, 5) is 32.5. The first kappa shape index (κ1) is 18.1. The first-order valence-corrected chi connectivity index (χ1v) is 9.17. The average molecular weight is 379 g/mol. The molecule has 0 saturated carbocycles. The van der Waals surface area contributed by atoms with Crippen LogP contribution in [0.2, 0.25) is 0 Å². The lowest BCUT2D eigenvalue weighted by Gasteiger charge is -2.32. The van der Waals surface area contributed by atoms with Crippen LogP contribution in [0.25, 0.3) is 5.82 Å². The van der Waals surface area contributed by atoms with Crippen molar-refractivity contribution in [2.75, 3.05) is 18.0 Å². The molecule has 1 aromatic carbocycles. The standard InChI is InChI=1S/C19H21N7O2/c27-19(24-28-11-15-5-2-1-3-6-15)16-7-4-8-25(10-16)17-9-18(22-13-21-17)26-14-20-12-23-26/h1-3,5-6,9,12-14,16H,4,7-8,10-11H2,(H,24,27). The highest BCUT2D eigenvalue weighted by Gasteiger charge is 2.27. The first-order valence-electron chi connectivity index (χ1n) is 9.17. The molecule has 3 heterocycles. The maximum Gasteiger partial charge on any atom is 0.248 e. The molecule has 1 amide bonds. The Kier molecular flexibility index (Phi) is 5.53. The number of benzene rings is 1. The van der Waals surface area contributed by atoms with Gasteiger partial charge in [-0.1, -0.05) is 30.3 Å². The summed E-state index contributed by atoms with van der Waals surface area (Å²) in [6.45, 7) is 1.76. The van der Waals surface area contributed by atoms with E-state index >= 15 is 0 Å². The van der Waals surface area contributed by atoms with Gasteiger partial charge in [-0.3, -0.25) is 9.63 Å². The summed E-state index contributed by atoms with van der Waals surface area (Å²) in [5, 5.41) is 4.09. The van der Waals surface area contributed by atoms with Crippen LogP contribution in [-0.2, 0) is 16.2 Å². The Bertz CT molecular complexity index is 902. The maximum atomic E-state index is 12.5. The number of carbonyl (C=O) groups excluding carboxylic acids is 1. The number of hydroxylamine groups is 1. The lowest BCUT2D eigenvalue weighted by Crippen LogP contribution is -2.43. The minimum atomic E-state index is -0.158. The molecule has 1 saturated heterocycles. The second-order valence-electron chi connectivity index (χ2n) is 6.60. The Morgan fingerprint density at radius 2 is 2.04 bits per heavy atom. The van der Waals surface area contributed by atoms with E-state index in [0.29, 0.717) is 19.0 Å². The van der Waals surface area contributed by atoms with Gasteiger partial charge in [-0.2, -0.15) is 5.10 Å². The minimum absolute atomic E-state index is 0.105. The Hall–Kier alpha value is -3.33. The molecule has 1 unspecified atom stereocenters. The first-order chi connectivity index (χ1) is 13.8. The van der Waals surface area contributed by atoms with Crippen molar-refractivity contribution in [3.63, 3.8) is 0 Å². The topological polar surface area (TPSA) is 98.1 Å². The number of hydrogen-bond donors (Lipinski definition) is 1. The van der Waals surface area contributed by atoms with Crippen molar-refractivity contribution in [1.29, 1.82) is 0 Å². The van der Waals surface area contributed by atoms with Crippen molar-refractivity contribution in [3.8, 4) is 5.82 Å². The van der Waals surface area contributed by atoms with Crippen molar-refractivity contribution >= 4 is 11.7 Å². The van der Waals surface area contributed by atoms with E-state index in [9.17, 15) is 4.79 Å². The highest BCUT2D eigenvalue weighted by molar-refractivity contribution is 5.78. The average Bonchev–Trinajstić information content (AvgIpc) is 3.30. The predicted molar refractivity (Wildman–Crippen MR) is 101 cm³/mol. The van der Waals surface area contributed by atoms with Crippen LogP contribution in [-0.4, -0.2) is 43.7 Å². The van der Waals surface area contributed by atoms with E-state index < -0.39 is 0 Å². The van der Waals surface area contributed by atoms with Gasteiger partial charge in [0.1, 0.15) is 24.8 Å². The number of hydrogen-bond acceptors (Lipinski definition) is 7. The van der Waals surface area contributed by atoms with Gasteiger partial charge in [0, 0.05) is 19.2 Å². The van der Waals surface area contributed by atoms with Crippen molar-refractivity contribution < 1.29 is 9.63 Å². The van der Waals surface area contributed by atoms with Gasteiger partial charge in [0.15, 0.2) is 5.82 Å². The van der Waals surface area contributed by atoms with Crippen LogP contribution in [0.4, 0.5) is 5.82 Å². The maximum absolute atomic E-state index is 12.5. The van der Waals surface area contributed by atoms with Crippen LogP contribution in [0.1, 0.15) is 18.4 Å². The van der Waals surface area contributed by atoms with Gasteiger partial charge in [-0.05, 0) is 18.4 Å². The van der Waals surface area contributed by atoms with Gasteiger partial charge in [0.2, 0.25) is 5.91 Å². The van der Waals surface area contributed by atoms with Crippen LogP contribution < -0.4 is 10.4 Å². The zero-order valence-corrected chi connectivity index (χ0v) is 15.3.